The lowest BCUT2D eigenvalue weighted by Gasteiger charge is -2.17. The number of nitrogens with one attached hydrogen (secondary N) is 2. The zero-order valence-corrected chi connectivity index (χ0v) is 12.7. The average Bonchev–Trinajstić information content (AvgIpc) is 3.23. The van der Waals surface area contributed by atoms with Crippen molar-refractivity contribution >= 4 is 23.4 Å². The summed E-state index contributed by atoms with van der Waals surface area (Å²) in [6, 6.07) is 7.15. The van der Waals surface area contributed by atoms with E-state index in [1.54, 1.807) is 0 Å². The van der Waals surface area contributed by atoms with E-state index in [-0.39, 0.29) is 12.1 Å². The van der Waals surface area contributed by atoms with Gasteiger partial charge in [-0.25, -0.2) is 9.59 Å². The quantitative estimate of drug-likeness (QED) is 0.882. The number of urea groups is 2. The van der Waals surface area contributed by atoms with E-state index in [2.05, 4.69) is 10.6 Å². The van der Waals surface area contributed by atoms with Crippen molar-refractivity contribution < 1.29 is 9.59 Å². The summed E-state index contributed by atoms with van der Waals surface area (Å²) < 4.78 is 0. The molecule has 4 amide bonds. The molecule has 0 aromatic heterocycles. The molecule has 118 valence electrons. The smallest absolute Gasteiger partial charge is 0.321 e. The maximum Gasteiger partial charge on any atom is 0.321 e. The van der Waals surface area contributed by atoms with Gasteiger partial charge in [-0.3, -0.25) is 0 Å². The summed E-state index contributed by atoms with van der Waals surface area (Å²) in [5.41, 5.74) is 1.49. The molecule has 2 fully saturated rings. The predicted octanol–water partition coefficient (Wildman–Crippen LogP) is 2.94. The van der Waals surface area contributed by atoms with Crippen molar-refractivity contribution in [2.24, 2.45) is 0 Å². The number of benzene rings is 1. The fourth-order valence-electron chi connectivity index (χ4n) is 2.88. The van der Waals surface area contributed by atoms with Crippen LogP contribution in [-0.2, 0) is 0 Å². The van der Waals surface area contributed by atoms with Gasteiger partial charge in [0.25, 0.3) is 0 Å². The summed E-state index contributed by atoms with van der Waals surface area (Å²) in [5, 5.41) is 5.77. The first-order valence-electron chi connectivity index (χ1n) is 7.94. The number of hydrogen-bond acceptors (Lipinski definition) is 2. The van der Waals surface area contributed by atoms with E-state index in [1.165, 1.54) is 0 Å². The van der Waals surface area contributed by atoms with Gasteiger partial charge in [-0.05, 0) is 49.9 Å². The molecule has 0 spiro atoms. The molecule has 6 nitrogen and oxygen atoms in total. The number of amides is 4. The van der Waals surface area contributed by atoms with Crippen LogP contribution >= 0.6 is 0 Å². The van der Waals surface area contributed by atoms with Crippen LogP contribution in [0, 0.1) is 0 Å². The van der Waals surface area contributed by atoms with Gasteiger partial charge in [0.1, 0.15) is 0 Å². The van der Waals surface area contributed by atoms with Gasteiger partial charge in [0, 0.05) is 37.6 Å². The number of carbonyl (C=O) groups excluding carboxylic acids is 2. The predicted molar refractivity (Wildman–Crippen MR) is 86.1 cm³/mol. The molecule has 22 heavy (non-hydrogen) atoms. The molecule has 2 saturated heterocycles. The first kappa shape index (κ1) is 14.7. The fourth-order valence-corrected chi connectivity index (χ4v) is 2.88. The number of likely N-dealkylation sites (tertiary alicyclic amines) is 2. The highest BCUT2D eigenvalue weighted by Crippen LogP contribution is 2.17. The second-order valence-electron chi connectivity index (χ2n) is 5.83. The van der Waals surface area contributed by atoms with E-state index in [9.17, 15) is 9.59 Å². The molecular formula is C16H22N4O2. The SMILES string of the molecule is O=C(Nc1ccc(NC(=O)N2CCCC2)cc1)N1CCCC1. The van der Waals surface area contributed by atoms with Crippen molar-refractivity contribution in [3.63, 3.8) is 0 Å². The minimum absolute atomic E-state index is 0.0497. The lowest BCUT2D eigenvalue weighted by molar-refractivity contribution is 0.221. The highest BCUT2D eigenvalue weighted by molar-refractivity contribution is 5.91. The Kier molecular flexibility index (Phi) is 4.46. The molecule has 0 aliphatic carbocycles. The lowest BCUT2D eigenvalue weighted by atomic mass is 10.3. The van der Waals surface area contributed by atoms with Gasteiger partial charge >= 0.3 is 12.1 Å². The summed E-state index contributed by atoms with van der Waals surface area (Å²) in [5.74, 6) is 0. The van der Waals surface area contributed by atoms with E-state index in [0.29, 0.717) is 0 Å². The second kappa shape index (κ2) is 6.68. The van der Waals surface area contributed by atoms with Crippen molar-refractivity contribution in [2.45, 2.75) is 25.7 Å². The molecule has 2 aliphatic heterocycles. The minimum Gasteiger partial charge on any atom is -0.325 e. The topological polar surface area (TPSA) is 64.7 Å². The van der Waals surface area contributed by atoms with Crippen molar-refractivity contribution in [3.8, 4) is 0 Å². The van der Waals surface area contributed by atoms with E-state index in [1.807, 2.05) is 34.1 Å². The van der Waals surface area contributed by atoms with Gasteiger partial charge < -0.3 is 20.4 Å². The first-order chi connectivity index (χ1) is 10.7. The number of anilines is 2. The van der Waals surface area contributed by atoms with Gasteiger partial charge in [-0.1, -0.05) is 0 Å². The summed E-state index contributed by atoms with van der Waals surface area (Å²) in [7, 11) is 0. The van der Waals surface area contributed by atoms with Crippen LogP contribution in [0.3, 0.4) is 0 Å². The normalized spacial score (nSPS) is 17.6. The fraction of sp³-hybridized carbons (Fsp3) is 0.500. The highest BCUT2D eigenvalue weighted by atomic mass is 16.2. The maximum atomic E-state index is 12.0. The van der Waals surface area contributed by atoms with Crippen molar-refractivity contribution in [1.29, 1.82) is 0 Å². The van der Waals surface area contributed by atoms with Crippen LogP contribution in [0.2, 0.25) is 0 Å². The lowest BCUT2D eigenvalue weighted by Crippen LogP contribution is -2.32. The van der Waals surface area contributed by atoms with E-state index >= 15 is 0 Å². The summed E-state index contributed by atoms with van der Waals surface area (Å²) >= 11 is 0. The first-order valence-corrected chi connectivity index (χ1v) is 7.94. The molecule has 2 heterocycles. The van der Waals surface area contributed by atoms with Crippen molar-refractivity contribution in [1.82, 2.24) is 9.80 Å². The van der Waals surface area contributed by atoms with Gasteiger partial charge in [-0.15, -0.1) is 0 Å². The third-order valence-corrected chi connectivity index (χ3v) is 4.17. The average molecular weight is 302 g/mol. The van der Waals surface area contributed by atoms with Crippen LogP contribution < -0.4 is 10.6 Å². The Balaban J connectivity index is 1.53. The van der Waals surface area contributed by atoms with Crippen LogP contribution in [0.5, 0.6) is 0 Å². The van der Waals surface area contributed by atoms with Crippen LogP contribution in [0.4, 0.5) is 21.0 Å². The Morgan fingerprint density at radius 2 is 1.00 bits per heavy atom. The van der Waals surface area contributed by atoms with E-state index in [0.717, 1.165) is 63.2 Å². The highest BCUT2D eigenvalue weighted by Gasteiger charge is 2.19. The summed E-state index contributed by atoms with van der Waals surface area (Å²) in [4.78, 5) is 27.6. The number of hydrogen-bond donors (Lipinski definition) is 2. The standard InChI is InChI=1S/C16H22N4O2/c21-15(19-9-1-2-10-19)17-13-5-7-14(8-6-13)18-16(22)20-11-3-4-12-20/h5-8H,1-4,9-12H2,(H,17,21)(H,18,22). The van der Waals surface area contributed by atoms with Crippen molar-refractivity contribution in [2.75, 3.05) is 36.8 Å². The molecule has 3 rings (SSSR count). The minimum atomic E-state index is -0.0497. The van der Waals surface area contributed by atoms with Crippen LogP contribution in [-0.4, -0.2) is 48.0 Å². The third kappa shape index (κ3) is 3.50. The molecule has 0 unspecified atom stereocenters. The molecule has 0 bridgehead atoms. The van der Waals surface area contributed by atoms with Crippen LogP contribution in [0.1, 0.15) is 25.7 Å². The molecular weight excluding hydrogens is 280 g/mol. The number of nitrogens with zero attached hydrogens (tertiary/aromatic N) is 2. The third-order valence-electron chi connectivity index (χ3n) is 4.17. The molecule has 2 aliphatic rings. The maximum absolute atomic E-state index is 12.0. The largest absolute Gasteiger partial charge is 0.325 e. The second-order valence-corrected chi connectivity index (χ2v) is 5.83. The van der Waals surface area contributed by atoms with Crippen LogP contribution in [0.25, 0.3) is 0 Å². The number of carbonyl (C=O) groups is 2. The molecule has 2 N–H and O–H groups in total. The van der Waals surface area contributed by atoms with Gasteiger partial charge in [0.05, 0.1) is 0 Å². The van der Waals surface area contributed by atoms with Gasteiger partial charge in [-0.2, -0.15) is 0 Å². The van der Waals surface area contributed by atoms with Crippen molar-refractivity contribution in [3.05, 3.63) is 24.3 Å². The van der Waals surface area contributed by atoms with Gasteiger partial charge in [0.15, 0.2) is 0 Å². The zero-order valence-electron chi connectivity index (χ0n) is 12.7. The Hall–Kier alpha value is -2.24. The van der Waals surface area contributed by atoms with Gasteiger partial charge in [0.2, 0.25) is 0 Å². The molecule has 1 aromatic rings. The summed E-state index contributed by atoms with van der Waals surface area (Å²) in [6.45, 7) is 3.32. The molecule has 0 atom stereocenters. The summed E-state index contributed by atoms with van der Waals surface area (Å²) in [6.07, 6.45) is 4.31. The monoisotopic (exact) mass is 302 g/mol. The number of rotatable bonds is 2. The Morgan fingerprint density at radius 1 is 0.682 bits per heavy atom. The molecule has 1 aromatic carbocycles. The Morgan fingerprint density at radius 3 is 1.32 bits per heavy atom. The zero-order chi connectivity index (χ0) is 15.4. The molecule has 6 heteroatoms. The van der Waals surface area contributed by atoms with Crippen LogP contribution in [0.15, 0.2) is 24.3 Å². The molecule has 0 saturated carbocycles. The van der Waals surface area contributed by atoms with E-state index < -0.39 is 0 Å². The Labute approximate surface area is 130 Å². The van der Waals surface area contributed by atoms with E-state index in [4.69, 9.17) is 0 Å². The molecule has 0 radical (unpaired) electrons. The Bertz CT molecular complexity index is 483.